The molecule has 0 saturated heterocycles. The zero-order valence-corrected chi connectivity index (χ0v) is 11.5. The average Bonchev–Trinajstić information content (AvgIpc) is 2.34. The molecule has 0 unspecified atom stereocenters. The van der Waals surface area contributed by atoms with Crippen molar-refractivity contribution in [2.24, 2.45) is 0 Å². The standard InChI is InChI=1S/C14H19ClN2O/c1-11(2)16-9-10-17-14(18)8-5-12-3-6-13(15)7-4-12/h3-8,11,16H,9-10H2,1-2H3,(H,17,18). The van der Waals surface area contributed by atoms with Gasteiger partial charge in [0.1, 0.15) is 0 Å². The van der Waals surface area contributed by atoms with E-state index in [-0.39, 0.29) is 5.91 Å². The van der Waals surface area contributed by atoms with E-state index in [2.05, 4.69) is 24.5 Å². The van der Waals surface area contributed by atoms with Crippen molar-refractivity contribution in [3.8, 4) is 0 Å². The summed E-state index contributed by atoms with van der Waals surface area (Å²) in [6, 6.07) is 7.77. The van der Waals surface area contributed by atoms with Gasteiger partial charge in [0.15, 0.2) is 0 Å². The second-order valence-corrected chi connectivity index (χ2v) is 4.72. The van der Waals surface area contributed by atoms with E-state index in [0.717, 1.165) is 12.1 Å². The summed E-state index contributed by atoms with van der Waals surface area (Å²) in [5.74, 6) is -0.0875. The summed E-state index contributed by atoms with van der Waals surface area (Å²) in [6.07, 6.45) is 3.29. The Balaban J connectivity index is 2.29. The first-order valence-corrected chi connectivity index (χ1v) is 6.40. The molecular weight excluding hydrogens is 248 g/mol. The molecular formula is C14H19ClN2O. The maximum atomic E-state index is 11.5. The minimum Gasteiger partial charge on any atom is -0.351 e. The molecule has 1 rings (SSSR count). The lowest BCUT2D eigenvalue weighted by Crippen LogP contribution is -2.33. The molecule has 1 amide bonds. The van der Waals surface area contributed by atoms with E-state index in [1.54, 1.807) is 18.2 Å². The Morgan fingerprint density at radius 3 is 2.56 bits per heavy atom. The molecule has 0 aliphatic carbocycles. The molecule has 18 heavy (non-hydrogen) atoms. The molecule has 1 aromatic carbocycles. The van der Waals surface area contributed by atoms with Crippen LogP contribution in [0.25, 0.3) is 6.08 Å². The number of carbonyl (C=O) groups excluding carboxylic acids is 1. The molecule has 0 spiro atoms. The molecule has 0 aromatic heterocycles. The first-order chi connectivity index (χ1) is 8.58. The number of carbonyl (C=O) groups is 1. The van der Waals surface area contributed by atoms with Crippen molar-refractivity contribution in [1.82, 2.24) is 10.6 Å². The summed E-state index contributed by atoms with van der Waals surface area (Å²) in [5, 5.41) is 6.72. The van der Waals surface area contributed by atoms with Gasteiger partial charge in [-0.05, 0) is 23.8 Å². The van der Waals surface area contributed by atoms with Gasteiger partial charge in [0.2, 0.25) is 5.91 Å². The SMILES string of the molecule is CC(C)NCCNC(=O)C=Cc1ccc(Cl)cc1. The quantitative estimate of drug-likeness (QED) is 0.614. The first kappa shape index (κ1) is 14.7. The highest BCUT2D eigenvalue weighted by Gasteiger charge is 1.96. The van der Waals surface area contributed by atoms with Gasteiger partial charge in [-0.15, -0.1) is 0 Å². The van der Waals surface area contributed by atoms with Crippen molar-refractivity contribution in [3.63, 3.8) is 0 Å². The smallest absolute Gasteiger partial charge is 0.244 e. The molecule has 0 radical (unpaired) electrons. The lowest BCUT2D eigenvalue weighted by molar-refractivity contribution is -0.116. The van der Waals surface area contributed by atoms with Crippen LogP contribution in [0.5, 0.6) is 0 Å². The molecule has 0 fully saturated rings. The van der Waals surface area contributed by atoms with Gasteiger partial charge in [0.05, 0.1) is 0 Å². The van der Waals surface area contributed by atoms with Crippen LogP contribution in [0.1, 0.15) is 19.4 Å². The highest BCUT2D eigenvalue weighted by Crippen LogP contribution is 2.10. The third kappa shape index (κ3) is 6.42. The molecule has 0 atom stereocenters. The van der Waals surface area contributed by atoms with Gasteiger partial charge in [-0.3, -0.25) is 4.79 Å². The van der Waals surface area contributed by atoms with E-state index >= 15 is 0 Å². The maximum Gasteiger partial charge on any atom is 0.244 e. The Morgan fingerprint density at radius 1 is 1.28 bits per heavy atom. The number of halogens is 1. The Morgan fingerprint density at radius 2 is 1.94 bits per heavy atom. The minimum atomic E-state index is -0.0875. The number of benzene rings is 1. The number of hydrogen-bond acceptors (Lipinski definition) is 2. The minimum absolute atomic E-state index is 0.0875. The van der Waals surface area contributed by atoms with Gasteiger partial charge >= 0.3 is 0 Å². The highest BCUT2D eigenvalue weighted by molar-refractivity contribution is 6.30. The third-order valence-electron chi connectivity index (χ3n) is 2.27. The summed E-state index contributed by atoms with van der Waals surface area (Å²) in [6.45, 7) is 5.55. The van der Waals surface area contributed by atoms with E-state index < -0.39 is 0 Å². The maximum absolute atomic E-state index is 11.5. The molecule has 3 nitrogen and oxygen atoms in total. The Labute approximate surface area is 113 Å². The molecule has 0 aliphatic heterocycles. The van der Waals surface area contributed by atoms with E-state index in [9.17, 15) is 4.79 Å². The van der Waals surface area contributed by atoms with Crippen molar-refractivity contribution >= 4 is 23.6 Å². The summed E-state index contributed by atoms with van der Waals surface area (Å²) in [5.41, 5.74) is 0.954. The van der Waals surface area contributed by atoms with Crippen molar-refractivity contribution in [2.45, 2.75) is 19.9 Å². The van der Waals surface area contributed by atoms with Gasteiger partial charge in [0, 0.05) is 30.2 Å². The van der Waals surface area contributed by atoms with Gasteiger partial charge in [-0.1, -0.05) is 37.6 Å². The summed E-state index contributed by atoms with van der Waals surface area (Å²) in [4.78, 5) is 11.5. The number of amides is 1. The van der Waals surface area contributed by atoms with Crippen LogP contribution in [0.3, 0.4) is 0 Å². The molecule has 2 N–H and O–H groups in total. The van der Waals surface area contributed by atoms with Crippen molar-refractivity contribution in [3.05, 3.63) is 40.9 Å². The van der Waals surface area contributed by atoms with Crippen LogP contribution >= 0.6 is 11.6 Å². The number of rotatable bonds is 6. The van der Waals surface area contributed by atoms with Crippen LogP contribution in [-0.4, -0.2) is 25.0 Å². The largest absolute Gasteiger partial charge is 0.351 e. The summed E-state index contributed by atoms with van der Waals surface area (Å²) < 4.78 is 0. The van der Waals surface area contributed by atoms with E-state index in [4.69, 9.17) is 11.6 Å². The predicted molar refractivity (Wildman–Crippen MR) is 76.6 cm³/mol. The van der Waals surface area contributed by atoms with Crippen molar-refractivity contribution < 1.29 is 4.79 Å². The van der Waals surface area contributed by atoms with Crippen LogP contribution < -0.4 is 10.6 Å². The van der Waals surface area contributed by atoms with Crippen LogP contribution in [0.2, 0.25) is 5.02 Å². The summed E-state index contributed by atoms with van der Waals surface area (Å²) in [7, 11) is 0. The number of nitrogens with one attached hydrogen (secondary N) is 2. The van der Waals surface area contributed by atoms with Crippen LogP contribution in [-0.2, 0) is 4.79 Å². The van der Waals surface area contributed by atoms with Crippen molar-refractivity contribution in [2.75, 3.05) is 13.1 Å². The molecule has 1 aromatic rings. The molecule has 0 heterocycles. The van der Waals surface area contributed by atoms with Crippen LogP contribution in [0, 0.1) is 0 Å². The van der Waals surface area contributed by atoms with Gasteiger partial charge < -0.3 is 10.6 Å². The fraction of sp³-hybridized carbons (Fsp3) is 0.357. The molecule has 98 valence electrons. The fourth-order valence-corrected chi connectivity index (χ4v) is 1.48. The van der Waals surface area contributed by atoms with E-state index in [0.29, 0.717) is 17.6 Å². The molecule has 4 heteroatoms. The van der Waals surface area contributed by atoms with Gasteiger partial charge in [-0.2, -0.15) is 0 Å². The second-order valence-electron chi connectivity index (χ2n) is 4.28. The topological polar surface area (TPSA) is 41.1 Å². The first-order valence-electron chi connectivity index (χ1n) is 6.03. The lowest BCUT2D eigenvalue weighted by Gasteiger charge is -2.07. The van der Waals surface area contributed by atoms with E-state index in [1.807, 2.05) is 12.1 Å². The predicted octanol–water partition coefficient (Wildman–Crippen LogP) is 2.47. The Hall–Kier alpha value is -1.32. The van der Waals surface area contributed by atoms with Crippen molar-refractivity contribution in [1.29, 1.82) is 0 Å². The summed E-state index contributed by atoms with van der Waals surface area (Å²) >= 11 is 5.77. The molecule has 0 bridgehead atoms. The zero-order chi connectivity index (χ0) is 13.4. The Bertz CT molecular complexity index is 399. The average molecular weight is 267 g/mol. The lowest BCUT2D eigenvalue weighted by atomic mass is 10.2. The van der Waals surface area contributed by atoms with Crippen LogP contribution in [0.15, 0.2) is 30.3 Å². The molecule has 0 saturated carbocycles. The van der Waals surface area contributed by atoms with Crippen LogP contribution in [0.4, 0.5) is 0 Å². The third-order valence-corrected chi connectivity index (χ3v) is 2.53. The normalized spacial score (nSPS) is 11.1. The zero-order valence-electron chi connectivity index (χ0n) is 10.7. The highest BCUT2D eigenvalue weighted by atomic mass is 35.5. The van der Waals surface area contributed by atoms with Gasteiger partial charge in [-0.25, -0.2) is 0 Å². The fourth-order valence-electron chi connectivity index (χ4n) is 1.35. The monoisotopic (exact) mass is 266 g/mol. The van der Waals surface area contributed by atoms with Gasteiger partial charge in [0.25, 0.3) is 0 Å². The number of hydrogen-bond donors (Lipinski definition) is 2. The second kappa shape index (κ2) is 7.90. The van der Waals surface area contributed by atoms with E-state index in [1.165, 1.54) is 6.08 Å². The Kier molecular flexibility index (Phi) is 6.47. The molecule has 0 aliphatic rings.